The molecule has 0 spiro atoms. The van der Waals surface area contributed by atoms with E-state index in [1.54, 1.807) is 12.1 Å². The molecular formula is C15H11Cl2N5S. The van der Waals surface area contributed by atoms with Crippen molar-refractivity contribution in [2.45, 2.75) is 10.9 Å². The lowest BCUT2D eigenvalue weighted by Crippen LogP contribution is -1.92. The Morgan fingerprint density at radius 3 is 2.65 bits per heavy atom. The molecule has 0 saturated carbocycles. The molecule has 116 valence electrons. The van der Waals surface area contributed by atoms with Gasteiger partial charge in [0.2, 0.25) is 5.16 Å². The number of rotatable bonds is 3. The zero-order valence-electron chi connectivity index (χ0n) is 11.6. The largest absolute Gasteiger partial charge is 0.338 e. The number of thioether (sulfide) groups is 1. The standard InChI is InChI=1S/C15H9Cl2N5S.H2/c16-11-5-8(6-12(17)19-11)7-23-15-20-14-13(21-22-15)9-3-1-2-4-10(9)18-14;/h1-6H,7H2,(H,18,20,22);1H. The molecule has 3 aromatic heterocycles. The molecule has 0 unspecified atom stereocenters. The Kier molecular flexibility index (Phi) is 3.80. The van der Waals surface area contributed by atoms with Crippen molar-refractivity contribution in [3.63, 3.8) is 0 Å². The molecular weight excluding hydrogens is 353 g/mol. The third kappa shape index (κ3) is 2.97. The zero-order valence-corrected chi connectivity index (χ0v) is 14.0. The maximum absolute atomic E-state index is 5.90. The second-order valence-electron chi connectivity index (χ2n) is 4.87. The summed E-state index contributed by atoms with van der Waals surface area (Å²) in [5, 5.41) is 10.8. The van der Waals surface area contributed by atoms with Gasteiger partial charge in [-0.2, -0.15) is 0 Å². The van der Waals surface area contributed by atoms with Crippen LogP contribution >= 0.6 is 35.0 Å². The number of hydrogen-bond donors (Lipinski definition) is 1. The van der Waals surface area contributed by atoms with Crippen LogP contribution in [0.2, 0.25) is 10.3 Å². The molecule has 23 heavy (non-hydrogen) atoms. The van der Waals surface area contributed by atoms with Crippen molar-refractivity contribution >= 4 is 57.0 Å². The fourth-order valence-corrected chi connectivity index (χ4v) is 3.53. The van der Waals surface area contributed by atoms with Crippen molar-refractivity contribution in [1.82, 2.24) is 25.1 Å². The van der Waals surface area contributed by atoms with E-state index in [1.165, 1.54) is 11.8 Å². The predicted molar refractivity (Wildman–Crippen MR) is 95.1 cm³/mol. The van der Waals surface area contributed by atoms with E-state index in [0.29, 0.717) is 21.2 Å². The Morgan fingerprint density at radius 1 is 1.04 bits per heavy atom. The average Bonchev–Trinajstić information content (AvgIpc) is 2.89. The number of aromatic nitrogens is 5. The normalized spacial score (nSPS) is 11.4. The van der Waals surface area contributed by atoms with E-state index in [0.717, 1.165) is 27.6 Å². The van der Waals surface area contributed by atoms with Crippen molar-refractivity contribution < 1.29 is 1.43 Å². The SMILES string of the molecule is Clc1cc(CSc2nnc3c(n2)[nH]c2ccccc23)cc(Cl)n1.[HH]. The van der Waals surface area contributed by atoms with Crippen LogP contribution < -0.4 is 0 Å². The highest BCUT2D eigenvalue weighted by molar-refractivity contribution is 7.98. The molecule has 0 fully saturated rings. The average molecular weight is 364 g/mol. The molecule has 0 bridgehead atoms. The van der Waals surface area contributed by atoms with Gasteiger partial charge in [-0.25, -0.2) is 9.97 Å². The maximum Gasteiger partial charge on any atom is 0.211 e. The van der Waals surface area contributed by atoms with E-state index in [-0.39, 0.29) is 1.43 Å². The molecule has 0 aliphatic rings. The zero-order chi connectivity index (χ0) is 15.8. The van der Waals surface area contributed by atoms with Gasteiger partial charge in [-0.05, 0) is 23.8 Å². The van der Waals surface area contributed by atoms with E-state index in [2.05, 4.69) is 25.1 Å². The van der Waals surface area contributed by atoms with Gasteiger partial charge in [0.1, 0.15) is 15.8 Å². The van der Waals surface area contributed by atoms with E-state index in [4.69, 9.17) is 23.2 Å². The first kappa shape index (κ1) is 14.7. The summed E-state index contributed by atoms with van der Waals surface area (Å²) in [5.41, 5.74) is 3.47. The van der Waals surface area contributed by atoms with Crippen molar-refractivity contribution in [2.24, 2.45) is 0 Å². The van der Waals surface area contributed by atoms with Crippen LogP contribution in [0.15, 0.2) is 41.6 Å². The number of H-pyrrole nitrogens is 1. The van der Waals surface area contributed by atoms with E-state index in [9.17, 15) is 0 Å². The summed E-state index contributed by atoms with van der Waals surface area (Å²) in [7, 11) is 0. The molecule has 1 aromatic carbocycles. The number of hydrogen-bond acceptors (Lipinski definition) is 5. The van der Waals surface area contributed by atoms with Crippen LogP contribution in [0.25, 0.3) is 22.1 Å². The van der Waals surface area contributed by atoms with Crippen LogP contribution in [0, 0.1) is 0 Å². The van der Waals surface area contributed by atoms with Crippen LogP contribution in [0.1, 0.15) is 6.99 Å². The molecule has 0 radical (unpaired) electrons. The first-order chi connectivity index (χ1) is 11.2. The minimum absolute atomic E-state index is 0. The molecule has 0 saturated heterocycles. The lowest BCUT2D eigenvalue weighted by molar-refractivity contribution is 0.878. The second-order valence-corrected chi connectivity index (χ2v) is 6.59. The summed E-state index contributed by atoms with van der Waals surface area (Å²) >= 11 is 13.3. The summed E-state index contributed by atoms with van der Waals surface area (Å²) < 4.78 is 0. The Hall–Kier alpha value is -1.89. The topological polar surface area (TPSA) is 67.3 Å². The monoisotopic (exact) mass is 363 g/mol. The highest BCUT2D eigenvalue weighted by atomic mass is 35.5. The van der Waals surface area contributed by atoms with Gasteiger partial charge in [-0.3, -0.25) is 0 Å². The molecule has 0 aliphatic carbocycles. The lowest BCUT2D eigenvalue weighted by atomic mass is 10.2. The van der Waals surface area contributed by atoms with Crippen LogP contribution in [-0.4, -0.2) is 25.1 Å². The van der Waals surface area contributed by atoms with Gasteiger partial charge >= 0.3 is 0 Å². The Morgan fingerprint density at radius 2 is 1.83 bits per heavy atom. The number of nitrogens with zero attached hydrogens (tertiary/aromatic N) is 4. The number of halogens is 2. The van der Waals surface area contributed by atoms with Gasteiger partial charge in [0.05, 0.1) is 0 Å². The molecule has 5 nitrogen and oxygen atoms in total. The fourth-order valence-electron chi connectivity index (χ4n) is 2.31. The van der Waals surface area contributed by atoms with Gasteiger partial charge in [0.15, 0.2) is 5.65 Å². The van der Waals surface area contributed by atoms with Crippen LogP contribution in [-0.2, 0) is 5.75 Å². The van der Waals surface area contributed by atoms with Crippen molar-refractivity contribution in [3.8, 4) is 0 Å². The van der Waals surface area contributed by atoms with Crippen molar-refractivity contribution in [2.75, 3.05) is 0 Å². The third-order valence-corrected chi connectivity index (χ3v) is 4.59. The highest BCUT2D eigenvalue weighted by Gasteiger charge is 2.09. The molecule has 4 aromatic rings. The molecule has 4 rings (SSSR count). The van der Waals surface area contributed by atoms with Crippen molar-refractivity contribution in [3.05, 3.63) is 52.3 Å². The summed E-state index contributed by atoms with van der Waals surface area (Å²) in [6.45, 7) is 0. The molecule has 0 amide bonds. The van der Waals surface area contributed by atoms with E-state index in [1.807, 2.05) is 24.3 Å². The minimum atomic E-state index is 0. The minimum Gasteiger partial charge on any atom is -0.338 e. The number of nitrogens with one attached hydrogen (secondary N) is 1. The van der Waals surface area contributed by atoms with Crippen LogP contribution in [0.5, 0.6) is 0 Å². The second kappa shape index (κ2) is 5.96. The highest BCUT2D eigenvalue weighted by Crippen LogP contribution is 2.25. The number of aromatic amines is 1. The fraction of sp³-hybridized carbons (Fsp3) is 0.0667. The number of fused-ring (bicyclic) bond motifs is 3. The van der Waals surface area contributed by atoms with Crippen LogP contribution in [0.4, 0.5) is 0 Å². The van der Waals surface area contributed by atoms with Gasteiger partial charge in [-0.1, -0.05) is 53.2 Å². The summed E-state index contributed by atoms with van der Waals surface area (Å²) in [6, 6.07) is 11.5. The van der Waals surface area contributed by atoms with Gasteiger partial charge in [-0.15, -0.1) is 10.2 Å². The first-order valence-electron chi connectivity index (χ1n) is 6.75. The summed E-state index contributed by atoms with van der Waals surface area (Å²) in [5.74, 6) is 0.634. The number of para-hydroxylation sites is 1. The molecule has 1 N–H and O–H groups in total. The first-order valence-corrected chi connectivity index (χ1v) is 8.49. The van der Waals surface area contributed by atoms with Crippen molar-refractivity contribution in [1.29, 1.82) is 0 Å². The van der Waals surface area contributed by atoms with Gasteiger partial charge in [0.25, 0.3) is 0 Å². The Bertz CT molecular complexity index is 1000. The number of pyridine rings is 1. The van der Waals surface area contributed by atoms with Gasteiger partial charge in [0, 0.05) is 18.1 Å². The number of benzene rings is 1. The van der Waals surface area contributed by atoms with Gasteiger partial charge < -0.3 is 4.98 Å². The quantitative estimate of drug-likeness (QED) is 0.420. The van der Waals surface area contributed by atoms with E-state index < -0.39 is 0 Å². The Balaban J connectivity index is 0.00000169. The summed E-state index contributed by atoms with van der Waals surface area (Å²) in [4.78, 5) is 11.7. The van der Waals surface area contributed by atoms with E-state index >= 15 is 0 Å². The maximum atomic E-state index is 5.90. The Labute approximate surface area is 146 Å². The third-order valence-electron chi connectivity index (χ3n) is 3.29. The summed E-state index contributed by atoms with van der Waals surface area (Å²) in [6.07, 6.45) is 0. The molecule has 8 heteroatoms. The lowest BCUT2D eigenvalue weighted by Gasteiger charge is -2.01. The molecule has 0 aliphatic heterocycles. The van der Waals surface area contributed by atoms with Crippen LogP contribution in [0.3, 0.4) is 0 Å². The molecule has 0 atom stereocenters. The molecule has 3 heterocycles. The predicted octanol–water partition coefficient (Wildman–Crippen LogP) is 4.75. The smallest absolute Gasteiger partial charge is 0.211 e.